The first-order valence-electron chi connectivity index (χ1n) is 6.43. The molecule has 0 rings (SSSR count). The number of hydrogen-bond acceptors (Lipinski definition) is 2. The Bertz CT molecular complexity index is 289. The number of hydrogen-bond donors (Lipinski definition) is 2. The van der Waals surface area contributed by atoms with Crippen molar-refractivity contribution in [3.63, 3.8) is 0 Å². The van der Waals surface area contributed by atoms with E-state index in [-0.39, 0.29) is 29.3 Å². The van der Waals surface area contributed by atoms with E-state index in [0.29, 0.717) is 0 Å². The molecule has 0 saturated heterocycles. The molecule has 0 saturated carbocycles. The standard InChI is InChI=1S/C13H27O4P/c1-9(2)18(10(3)4,11(5)6,7-12(14)15)8-13(16)17/h9-11H,7-8H2,1-6H3,(H,14,15)(H,16,17). The molecule has 2 N–H and O–H groups in total. The Balaban J connectivity index is 6.13. The van der Waals surface area contributed by atoms with Gasteiger partial charge in [0.05, 0.1) is 0 Å². The molecular formula is C13H27O4P. The Hall–Kier alpha value is -0.630. The van der Waals surface area contributed by atoms with Crippen LogP contribution in [0.2, 0.25) is 0 Å². The van der Waals surface area contributed by atoms with Gasteiger partial charge in [-0.2, -0.15) is 0 Å². The van der Waals surface area contributed by atoms with Crippen LogP contribution in [-0.2, 0) is 9.59 Å². The minimum atomic E-state index is -2.89. The Kier molecular flexibility index (Phi) is 5.37. The van der Waals surface area contributed by atoms with Gasteiger partial charge in [0, 0.05) is 0 Å². The minimum absolute atomic E-state index is 0.0188. The predicted octanol–water partition coefficient (Wildman–Crippen LogP) is 2.93. The van der Waals surface area contributed by atoms with Crippen LogP contribution in [0.1, 0.15) is 41.5 Å². The molecule has 108 valence electrons. The van der Waals surface area contributed by atoms with Gasteiger partial charge in [0.15, 0.2) is 0 Å². The molecule has 0 aliphatic carbocycles. The molecule has 0 bridgehead atoms. The molecule has 0 spiro atoms. The summed E-state index contributed by atoms with van der Waals surface area (Å²) in [5, 5.41) is 18.6. The zero-order valence-electron chi connectivity index (χ0n) is 12.3. The van der Waals surface area contributed by atoms with Gasteiger partial charge >= 0.3 is 109 Å². The van der Waals surface area contributed by atoms with Crippen LogP contribution in [0.15, 0.2) is 0 Å². The second-order valence-corrected chi connectivity index (χ2v) is 13.4. The molecule has 0 aromatic carbocycles. The second kappa shape index (κ2) is 5.56. The van der Waals surface area contributed by atoms with Crippen molar-refractivity contribution < 1.29 is 19.8 Å². The fourth-order valence-electron chi connectivity index (χ4n) is 3.60. The summed E-state index contributed by atoms with van der Waals surface area (Å²) in [6.45, 7) is 9.04. The molecule has 0 unspecified atom stereocenters. The Morgan fingerprint density at radius 2 is 1.00 bits per heavy atom. The normalized spacial score (nSPS) is 14.8. The van der Waals surface area contributed by atoms with Crippen molar-refractivity contribution >= 4 is 18.5 Å². The van der Waals surface area contributed by atoms with E-state index in [1.807, 2.05) is 41.5 Å². The number of carboxylic acid groups (broad SMARTS) is 2. The monoisotopic (exact) mass is 278 g/mol. The first-order chi connectivity index (χ1) is 8.00. The van der Waals surface area contributed by atoms with E-state index in [4.69, 9.17) is 0 Å². The molecule has 4 nitrogen and oxygen atoms in total. The Morgan fingerprint density at radius 3 is 1.11 bits per heavy atom. The van der Waals surface area contributed by atoms with Gasteiger partial charge in [-0.25, -0.2) is 0 Å². The van der Waals surface area contributed by atoms with Gasteiger partial charge in [-0.1, -0.05) is 0 Å². The van der Waals surface area contributed by atoms with Gasteiger partial charge in [-0.15, -0.1) is 0 Å². The van der Waals surface area contributed by atoms with Crippen LogP contribution >= 0.6 is 6.60 Å². The van der Waals surface area contributed by atoms with Gasteiger partial charge in [0.1, 0.15) is 0 Å². The third-order valence-electron chi connectivity index (χ3n) is 5.02. The first-order valence-corrected chi connectivity index (χ1v) is 9.25. The van der Waals surface area contributed by atoms with E-state index in [1.165, 1.54) is 0 Å². The average molecular weight is 278 g/mol. The summed E-state index contributed by atoms with van der Waals surface area (Å²) in [5.41, 5.74) is 0.301. The molecule has 0 aromatic rings. The van der Waals surface area contributed by atoms with Crippen LogP contribution in [0.25, 0.3) is 0 Å². The summed E-state index contributed by atoms with van der Waals surface area (Å²) in [6.07, 6.45) is 0.0375. The van der Waals surface area contributed by atoms with Crippen LogP contribution in [-0.4, -0.2) is 51.5 Å². The molecule has 18 heavy (non-hydrogen) atoms. The molecule has 0 radical (unpaired) electrons. The summed E-state index contributed by atoms with van der Waals surface area (Å²) in [4.78, 5) is 22.7. The van der Waals surface area contributed by atoms with Crippen molar-refractivity contribution in [1.29, 1.82) is 0 Å². The van der Waals surface area contributed by atoms with Gasteiger partial charge < -0.3 is 0 Å². The third-order valence-corrected chi connectivity index (χ3v) is 15.1. The molecule has 0 aliphatic rings. The van der Waals surface area contributed by atoms with E-state index in [2.05, 4.69) is 0 Å². The Morgan fingerprint density at radius 1 is 0.778 bits per heavy atom. The van der Waals surface area contributed by atoms with E-state index in [1.54, 1.807) is 0 Å². The van der Waals surface area contributed by atoms with Gasteiger partial charge in [-0.05, 0) is 0 Å². The first kappa shape index (κ1) is 17.4. The van der Waals surface area contributed by atoms with Crippen molar-refractivity contribution in [3.8, 4) is 0 Å². The van der Waals surface area contributed by atoms with Crippen molar-refractivity contribution in [2.24, 2.45) is 0 Å². The van der Waals surface area contributed by atoms with E-state index in [9.17, 15) is 19.8 Å². The fourth-order valence-corrected chi connectivity index (χ4v) is 10.8. The fraction of sp³-hybridized carbons (Fsp3) is 0.846. The maximum absolute atomic E-state index is 11.4. The number of carbonyl (C=O) groups is 2. The molecule has 0 amide bonds. The maximum atomic E-state index is 11.4. The van der Waals surface area contributed by atoms with Crippen LogP contribution in [0.5, 0.6) is 0 Å². The van der Waals surface area contributed by atoms with Crippen LogP contribution in [0.4, 0.5) is 0 Å². The Labute approximate surface area is 110 Å². The molecule has 0 atom stereocenters. The van der Waals surface area contributed by atoms with E-state index >= 15 is 0 Å². The van der Waals surface area contributed by atoms with Crippen LogP contribution < -0.4 is 0 Å². The molecule has 0 aromatic heterocycles. The van der Waals surface area contributed by atoms with E-state index in [0.717, 1.165) is 0 Å². The quantitative estimate of drug-likeness (QED) is 0.702. The van der Waals surface area contributed by atoms with Crippen molar-refractivity contribution in [1.82, 2.24) is 0 Å². The van der Waals surface area contributed by atoms with Crippen LogP contribution in [0, 0.1) is 0 Å². The number of rotatable bonds is 7. The zero-order chi connectivity index (χ0) is 14.7. The van der Waals surface area contributed by atoms with E-state index < -0.39 is 18.5 Å². The molecular weight excluding hydrogens is 251 g/mol. The predicted molar refractivity (Wildman–Crippen MR) is 77.3 cm³/mol. The third kappa shape index (κ3) is 2.54. The number of aliphatic carboxylic acids is 2. The molecule has 0 heterocycles. The zero-order valence-corrected chi connectivity index (χ0v) is 13.2. The number of carboxylic acids is 2. The van der Waals surface area contributed by atoms with Crippen molar-refractivity contribution in [2.75, 3.05) is 12.3 Å². The van der Waals surface area contributed by atoms with Gasteiger partial charge in [-0.3, -0.25) is 0 Å². The average Bonchev–Trinajstić information content (AvgIpc) is 2.13. The summed E-state index contributed by atoms with van der Waals surface area (Å²) in [7, 11) is 0. The SMILES string of the molecule is CC(C)P(CC(=O)O)(CC(=O)O)(C(C)C)C(C)C. The van der Waals surface area contributed by atoms with Crippen molar-refractivity contribution in [3.05, 3.63) is 0 Å². The summed E-state index contributed by atoms with van der Waals surface area (Å²) >= 11 is 0. The van der Waals surface area contributed by atoms with Crippen LogP contribution in [0.3, 0.4) is 0 Å². The summed E-state index contributed by atoms with van der Waals surface area (Å²) < 4.78 is 0. The second-order valence-electron chi connectivity index (χ2n) is 6.15. The van der Waals surface area contributed by atoms with Gasteiger partial charge in [0.25, 0.3) is 0 Å². The molecule has 0 fully saturated rings. The molecule has 5 heteroatoms. The molecule has 0 aliphatic heterocycles. The van der Waals surface area contributed by atoms with Crippen molar-refractivity contribution in [2.45, 2.75) is 58.5 Å². The topological polar surface area (TPSA) is 74.6 Å². The van der Waals surface area contributed by atoms with Gasteiger partial charge in [0.2, 0.25) is 0 Å². The summed E-state index contributed by atoms with van der Waals surface area (Å²) in [5.74, 6) is -1.74. The summed E-state index contributed by atoms with van der Waals surface area (Å²) in [6, 6.07) is 0.